The van der Waals surface area contributed by atoms with Gasteiger partial charge in [-0.15, -0.1) is 0 Å². The van der Waals surface area contributed by atoms with Crippen LogP contribution in [0, 0.1) is 0 Å². The Morgan fingerprint density at radius 2 is 1.86 bits per heavy atom. The number of fused-ring (bicyclic) bond motifs is 2. The lowest BCUT2D eigenvalue weighted by Gasteiger charge is -2.47. The molecule has 0 saturated heterocycles. The Kier molecular flexibility index (Phi) is 4.77. The third-order valence-corrected chi connectivity index (χ3v) is 8.11. The van der Waals surface area contributed by atoms with Crippen molar-refractivity contribution in [2.45, 2.75) is 37.6 Å². The van der Waals surface area contributed by atoms with Crippen molar-refractivity contribution in [1.29, 1.82) is 0 Å². The molecule has 0 bridgehead atoms. The summed E-state index contributed by atoms with van der Waals surface area (Å²) in [5.74, 6) is 0.146. The van der Waals surface area contributed by atoms with Gasteiger partial charge in [0.25, 0.3) is 6.33 Å². The molecule has 0 aliphatic carbocycles. The van der Waals surface area contributed by atoms with E-state index in [-0.39, 0.29) is 5.76 Å². The minimum Gasteiger partial charge on any atom is -0.513 e. The molecule has 0 amide bonds. The molecule has 0 spiro atoms. The van der Waals surface area contributed by atoms with Gasteiger partial charge in [-0.3, -0.25) is 0 Å². The van der Waals surface area contributed by atoms with Crippen LogP contribution >= 0.6 is 0 Å². The second-order valence-electron chi connectivity index (χ2n) is 10.0. The summed E-state index contributed by atoms with van der Waals surface area (Å²) in [6.07, 6.45) is 3.05. The van der Waals surface area contributed by atoms with Gasteiger partial charge < -0.3 is 14.3 Å². The number of furan rings is 1. The fourth-order valence-electron chi connectivity index (χ4n) is 6.19. The summed E-state index contributed by atoms with van der Waals surface area (Å²) < 4.78 is 14.5. The van der Waals surface area contributed by atoms with E-state index in [4.69, 9.17) is 14.1 Å². The highest BCUT2D eigenvalue weighted by Gasteiger charge is 2.56. The Bertz CT molecular complexity index is 1620. The molecule has 5 aromatic rings. The lowest BCUT2D eigenvalue weighted by atomic mass is 9.60. The molecular weight excluding hydrogens is 436 g/mol. The Morgan fingerprint density at radius 1 is 1.11 bits per heavy atom. The number of hydrogen-bond donors (Lipinski definition) is 1. The summed E-state index contributed by atoms with van der Waals surface area (Å²) >= 11 is 0. The van der Waals surface area contributed by atoms with Crippen LogP contribution in [-0.2, 0) is 15.7 Å². The number of methoxy groups -OCH3 is 1. The lowest BCUT2D eigenvalue weighted by Crippen LogP contribution is -2.67. The monoisotopic (exact) mass is 465 g/mol. The van der Waals surface area contributed by atoms with Crippen molar-refractivity contribution < 1.29 is 18.8 Å². The van der Waals surface area contributed by atoms with Gasteiger partial charge in [0.05, 0.1) is 11.1 Å². The summed E-state index contributed by atoms with van der Waals surface area (Å²) in [5, 5.41) is 14.0. The number of nitrogens with zero attached hydrogens (tertiary/aromatic N) is 2. The standard InChI is InChI=1S/C30H28N2O3/c1-19(33)17-30(3)29(2,14-15-34-4)25-22-13-9-8-12-21(22)16-23-24(25)27-28(35-23)26(31-18-32(27)30)20-10-6-5-7-11-20/h5-13,16,18H,1,14-15,17H2,2-4H3/p+1. The number of hydrogen-bond acceptors (Lipinski definition) is 4. The summed E-state index contributed by atoms with van der Waals surface area (Å²) in [7, 11) is 1.73. The maximum Gasteiger partial charge on any atom is 0.288 e. The number of ether oxygens (including phenoxy) is 1. The van der Waals surface area contributed by atoms with Crippen LogP contribution in [0.5, 0.6) is 0 Å². The molecule has 0 saturated carbocycles. The molecule has 1 aliphatic heterocycles. The largest absolute Gasteiger partial charge is 0.513 e. The molecule has 6 rings (SSSR count). The Morgan fingerprint density at radius 3 is 2.60 bits per heavy atom. The number of rotatable bonds is 6. The average molecular weight is 466 g/mol. The normalized spacial score (nSPS) is 21.3. The van der Waals surface area contributed by atoms with Crippen LogP contribution in [0.4, 0.5) is 0 Å². The second-order valence-corrected chi connectivity index (χ2v) is 10.0. The number of aliphatic hydroxyl groups is 1. The second kappa shape index (κ2) is 7.65. The van der Waals surface area contributed by atoms with Crippen molar-refractivity contribution in [3.63, 3.8) is 0 Å². The number of allylic oxidation sites excluding steroid dienone is 1. The summed E-state index contributed by atoms with van der Waals surface area (Å²) in [6.45, 7) is 8.94. The predicted molar refractivity (Wildman–Crippen MR) is 139 cm³/mol. The van der Waals surface area contributed by atoms with Crippen molar-refractivity contribution in [3.8, 4) is 11.3 Å². The topological polar surface area (TPSA) is 59.4 Å². The molecule has 2 aromatic heterocycles. The molecular formula is C30H29N2O3+. The van der Waals surface area contributed by atoms with E-state index in [1.54, 1.807) is 7.11 Å². The molecule has 3 aromatic carbocycles. The minimum absolute atomic E-state index is 0.146. The fraction of sp³-hybridized carbons (Fsp3) is 0.267. The minimum atomic E-state index is -0.564. The number of benzene rings is 3. The highest BCUT2D eigenvalue weighted by atomic mass is 16.5. The summed E-state index contributed by atoms with van der Waals surface area (Å²) in [5.41, 5.74) is 4.70. The van der Waals surface area contributed by atoms with Crippen LogP contribution in [-0.4, -0.2) is 23.8 Å². The average Bonchev–Trinajstić information content (AvgIpc) is 3.23. The molecule has 1 N–H and O–H groups in total. The van der Waals surface area contributed by atoms with Crippen molar-refractivity contribution in [2.24, 2.45) is 0 Å². The summed E-state index contributed by atoms with van der Waals surface area (Å²) in [6, 6.07) is 20.8. The van der Waals surface area contributed by atoms with E-state index in [0.29, 0.717) is 13.0 Å². The smallest absolute Gasteiger partial charge is 0.288 e. The number of aromatic nitrogens is 2. The van der Waals surface area contributed by atoms with Gasteiger partial charge in [0.1, 0.15) is 11.1 Å². The first-order valence-corrected chi connectivity index (χ1v) is 12.0. The zero-order valence-corrected chi connectivity index (χ0v) is 20.3. The molecule has 0 radical (unpaired) electrons. The quantitative estimate of drug-likeness (QED) is 0.227. The highest BCUT2D eigenvalue weighted by molar-refractivity contribution is 6.13. The maximum atomic E-state index is 10.5. The Hall–Kier alpha value is -3.70. The Balaban J connectivity index is 1.84. The first-order valence-electron chi connectivity index (χ1n) is 12.0. The molecule has 176 valence electrons. The van der Waals surface area contributed by atoms with Crippen molar-refractivity contribution in [1.82, 2.24) is 4.98 Å². The molecule has 35 heavy (non-hydrogen) atoms. The van der Waals surface area contributed by atoms with E-state index >= 15 is 0 Å². The first-order chi connectivity index (χ1) is 16.9. The lowest BCUT2D eigenvalue weighted by molar-refractivity contribution is -0.752. The van der Waals surface area contributed by atoms with Crippen LogP contribution in [0.15, 0.2) is 83.7 Å². The van der Waals surface area contributed by atoms with Gasteiger partial charge in [-0.05, 0) is 40.7 Å². The summed E-state index contributed by atoms with van der Waals surface area (Å²) in [4.78, 5) is 4.92. The van der Waals surface area contributed by atoms with Gasteiger partial charge in [-0.25, -0.2) is 4.57 Å². The van der Waals surface area contributed by atoms with Crippen molar-refractivity contribution >= 4 is 32.8 Å². The molecule has 0 fully saturated rings. The van der Waals surface area contributed by atoms with E-state index in [0.717, 1.165) is 45.1 Å². The van der Waals surface area contributed by atoms with Gasteiger partial charge >= 0.3 is 0 Å². The zero-order valence-electron chi connectivity index (χ0n) is 20.3. The van der Waals surface area contributed by atoms with Crippen LogP contribution in [0.3, 0.4) is 0 Å². The molecule has 3 heterocycles. The van der Waals surface area contributed by atoms with Crippen molar-refractivity contribution in [3.05, 3.63) is 84.9 Å². The maximum absolute atomic E-state index is 10.5. The Labute approximate surface area is 204 Å². The fourth-order valence-corrected chi connectivity index (χ4v) is 6.19. The van der Waals surface area contributed by atoms with Crippen LogP contribution in [0.2, 0.25) is 0 Å². The van der Waals surface area contributed by atoms with Gasteiger partial charge in [-0.1, -0.05) is 68.1 Å². The molecule has 2 atom stereocenters. The van der Waals surface area contributed by atoms with Gasteiger partial charge in [0.15, 0.2) is 5.52 Å². The number of aliphatic hydroxyl groups excluding tert-OH is 1. The van der Waals surface area contributed by atoms with Gasteiger partial charge in [0, 0.05) is 31.1 Å². The third kappa shape index (κ3) is 2.91. The van der Waals surface area contributed by atoms with E-state index in [1.165, 1.54) is 10.9 Å². The van der Waals surface area contributed by atoms with E-state index < -0.39 is 11.0 Å². The van der Waals surface area contributed by atoms with E-state index in [2.05, 4.69) is 67.5 Å². The van der Waals surface area contributed by atoms with E-state index in [9.17, 15) is 5.11 Å². The predicted octanol–water partition coefficient (Wildman–Crippen LogP) is 6.57. The molecule has 5 nitrogen and oxygen atoms in total. The first kappa shape index (κ1) is 21.8. The van der Waals surface area contributed by atoms with Crippen LogP contribution < -0.4 is 4.57 Å². The molecule has 5 heteroatoms. The van der Waals surface area contributed by atoms with Crippen LogP contribution in [0.25, 0.3) is 44.1 Å². The van der Waals surface area contributed by atoms with Crippen LogP contribution in [0.1, 0.15) is 32.3 Å². The van der Waals surface area contributed by atoms with Gasteiger partial charge in [-0.2, -0.15) is 0 Å². The zero-order chi connectivity index (χ0) is 24.4. The SMILES string of the molecule is C=C(O)CC1(C)[n+]2cnc(-c3ccccc3)c3oc4cc5ccccc5c(c4c32)C1(C)CCOC. The molecule has 2 unspecified atom stereocenters. The highest BCUT2D eigenvalue weighted by Crippen LogP contribution is 2.54. The van der Waals surface area contributed by atoms with Gasteiger partial charge in [0.2, 0.25) is 11.3 Å². The van der Waals surface area contributed by atoms with Crippen molar-refractivity contribution in [2.75, 3.05) is 13.7 Å². The molecule has 1 aliphatic rings. The third-order valence-electron chi connectivity index (χ3n) is 8.11. The van der Waals surface area contributed by atoms with E-state index in [1.807, 2.05) is 24.5 Å².